The van der Waals surface area contributed by atoms with E-state index in [2.05, 4.69) is 11.4 Å². The first-order valence-corrected chi connectivity index (χ1v) is 12.3. The molecule has 1 unspecified atom stereocenters. The molecule has 184 valence electrons. The second-order valence-corrected chi connectivity index (χ2v) is 9.25. The quantitative estimate of drug-likeness (QED) is 0.538. The number of carbonyl (C=O) groups excluding carboxylic acids is 2. The van der Waals surface area contributed by atoms with Crippen molar-refractivity contribution in [3.05, 3.63) is 59.2 Å². The highest BCUT2D eigenvalue weighted by atomic mass is 16.5. The van der Waals surface area contributed by atoms with Crippen molar-refractivity contribution in [2.45, 2.75) is 77.9 Å². The molecule has 1 saturated carbocycles. The molecule has 0 radical (unpaired) electrons. The van der Waals surface area contributed by atoms with Crippen LogP contribution in [0.2, 0.25) is 0 Å². The van der Waals surface area contributed by atoms with Crippen molar-refractivity contribution < 1.29 is 19.1 Å². The van der Waals surface area contributed by atoms with E-state index >= 15 is 0 Å². The minimum absolute atomic E-state index is 0.0809. The van der Waals surface area contributed by atoms with Crippen LogP contribution in [0.1, 0.15) is 62.1 Å². The first-order valence-electron chi connectivity index (χ1n) is 12.3. The summed E-state index contributed by atoms with van der Waals surface area (Å²) in [5.74, 6) is 1.13. The Bertz CT molecular complexity index is 931. The van der Waals surface area contributed by atoms with Gasteiger partial charge in [-0.15, -0.1) is 0 Å². The summed E-state index contributed by atoms with van der Waals surface area (Å²) in [4.78, 5) is 28.3. The van der Waals surface area contributed by atoms with Crippen LogP contribution in [-0.2, 0) is 16.1 Å². The van der Waals surface area contributed by atoms with E-state index in [-0.39, 0.29) is 24.5 Å². The molecule has 0 heterocycles. The minimum atomic E-state index is -0.556. The van der Waals surface area contributed by atoms with Crippen molar-refractivity contribution in [2.24, 2.45) is 0 Å². The number of hydrogen-bond donors (Lipinski definition) is 1. The van der Waals surface area contributed by atoms with Gasteiger partial charge in [0, 0.05) is 12.6 Å². The summed E-state index contributed by atoms with van der Waals surface area (Å²) in [5, 5.41) is 3.20. The Morgan fingerprint density at radius 1 is 1.00 bits per heavy atom. The van der Waals surface area contributed by atoms with E-state index in [1.807, 2.05) is 57.2 Å². The topological polar surface area (TPSA) is 67.9 Å². The maximum absolute atomic E-state index is 13.4. The Morgan fingerprint density at radius 2 is 1.65 bits per heavy atom. The number of ether oxygens (including phenoxy) is 2. The summed E-state index contributed by atoms with van der Waals surface area (Å²) in [6, 6.07) is 13.1. The molecule has 0 aromatic heterocycles. The third kappa shape index (κ3) is 7.24. The van der Waals surface area contributed by atoms with Crippen LogP contribution in [0.5, 0.6) is 11.5 Å². The zero-order chi connectivity index (χ0) is 24.5. The maximum atomic E-state index is 13.4. The number of nitrogens with one attached hydrogen (secondary N) is 1. The lowest BCUT2D eigenvalue weighted by Gasteiger charge is -2.32. The summed E-state index contributed by atoms with van der Waals surface area (Å²) in [7, 11) is 1.62. The first-order chi connectivity index (χ1) is 16.4. The molecule has 1 aliphatic rings. The average Bonchev–Trinajstić information content (AvgIpc) is 2.83. The van der Waals surface area contributed by atoms with Gasteiger partial charge in [-0.25, -0.2) is 0 Å². The fourth-order valence-electron chi connectivity index (χ4n) is 4.64. The molecule has 0 saturated heterocycles. The molecule has 2 amide bonds. The molecular weight excluding hydrogens is 428 g/mol. The molecule has 2 aromatic rings. The number of amides is 2. The van der Waals surface area contributed by atoms with Gasteiger partial charge in [0.25, 0.3) is 5.91 Å². The second-order valence-electron chi connectivity index (χ2n) is 9.25. The zero-order valence-corrected chi connectivity index (χ0v) is 20.9. The molecule has 34 heavy (non-hydrogen) atoms. The lowest BCUT2D eigenvalue weighted by molar-refractivity contribution is -0.143. The van der Waals surface area contributed by atoms with Crippen LogP contribution in [0.25, 0.3) is 0 Å². The lowest BCUT2D eigenvalue weighted by Crippen LogP contribution is -2.52. The van der Waals surface area contributed by atoms with Gasteiger partial charge < -0.3 is 19.7 Å². The molecule has 1 fully saturated rings. The predicted molar refractivity (Wildman–Crippen MR) is 134 cm³/mol. The monoisotopic (exact) mass is 466 g/mol. The Kier molecular flexibility index (Phi) is 9.37. The van der Waals surface area contributed by atoms with Crippen LogP contribution in [0.15, 0.2) is 42.5 Å². The number of nitrogens with zero attached hydrogens (tertiary/aromatic N) is 1. The van der Waals surface area contributed by atoms with E-state index in [1.54, 1.807) is 12.0 Å². The van der Waals surface area contributed by atoms with Gasteiger partial charge in [-0.1, -0.05) is 44.4 Å². The van der Waals surface area contributed by atoms with Crippen LogP contribution < -0.4 is 14.8 Å². The number of hydrogen-bond acceptors (Lipinski definition) is 4. The minimum Gasteiger partial charge on any atom is -0.497 e. The summed E-state index contributed by atoms with van der Waals surface area (Å²) >= 11 is 0. The molecule has 1 N–H and O–H groups in total. The van der Waals surface area contributed by atoms with E-state index in [0.29, 0.717) is 18.7 Å². The van der Waals surface area contributed by atoms with Crippen molar-refractivity contribution in [1.29, 1.82) is 0 Å². The van der Waals surface area contributed by atoms with Crippen LogP contribution in [0, 0.1) is 13.8 Å². The van der Waals surface area contributed by atoms with Crippen molar-refractivity contribution in [3.8, 4) is 11.5 Å². The van der Waals surface area contributed by atoms with Gasteiger partial charge in [0.1, 0.15) is 17.5 Å². The van der Waals surface area contributed by atoms with Gasteiger partial charge >= 0.3 is 0 Å². The van der Waals surface area contributed by atoms with Crippen LogP contribution in [-0.4, -0.2) is 42.5 Å². The predicted octanol–water partition coefficient (Wildman–Crippen LogP) is 4.95. The van der Waals surface area contributed by atoms with Gasteiger partial charge in [0.2, 0.25) is 5.91 Å². The first kappa shape index (κ1) is 25.6. The molecule has 0 spiro atoms. The van der Waals surface area contributed by atoms with Crippen LogP contribution in [0.3, 0.4) is 0 Å². The highest BCUT2D eigenvalue weighted by molar-refractivity contribution is 5.88. The van der Waals surface area contributed by atoms with Crippen molar-refractivity contribution in [1.82, 2.24) is 10.2 Å². The number of carbonyl (C=O) groups is 2. The van der Waals surface area contributed by atoms with Crippen molar-refractivity contribution in [2.75, 3.05) is 13.7 Å². The zero-order valence-electron chi connectivity index (χ0n) is 20.9. The Labute approximate surface area is 203 Å². The fourth-order valence-corrected chi connectivity index (χ4v) is 4.64. The lowest BCUT2D eigenvalue weighted by atomic mass is 9.95. The maximum Gasteiger partial charge on any atom is 0.261 e. The van der Waals surface area contributed by atoms with Gasteiger partial charge in [0.05, 0.1) is 7.11 Å². The normalized spacial score (nSPS) is 14.8. The van der Waals surface area contributed by atoms with E-state index < -0.39 is 6.04 Å². The number of methoxy groups -OCH3 is 1. The summed E-state index contributed by atoms with van der Waals surface area (Å²) in [6.45, 7) is 6.16. The van der Waals surface area contributed by atoms with Crippen molar-refractivity contribution >= 4 is 11.8 Å². The second kappa shape index (κ2) is 12.4. The third-order valence-corrected chi connectivity index (χ3v) is 6.41. The largest absolute Gasteiger partial charge is 0.497 e. The smallest absolute Gasteiger partial charge is 0.261 e. The third-order valence-electron chi connectivity index (χ3n) is 6.41. The molecule has 6 heteroatoms. The van der Waals surface area contributed by atoms with E-state index in [1.165, 1.54) is 6.42 Å². The molecule has 6 nitrogen and oxygen atoms in total. The highest BCUT2D eigenvalue weighted by Gasteiger charge is 2.30. The standard InChI is InChI=1S/C28H38N2O4/c1-5-26(28(32)29-23-9-7-6-8-10-23)30(18-22-11-13-24(33-4)14-12-22)27(31)19-34-25-16-20(2)15-21(3)17-25/h11-17,23,26H,5-10,18-19H2,1-4H3,(H,29,32). The van der Waals surface area contributed by atoms with E-state index in [4.69, 9.17) is 9.47 Å². The molecule has 2 aromatic carbocycles. The van der Waals surface area contributed by atoms with Gasteiger partial charge in [0.15, 0.2) is 6.61 Å². The number of rotatable bonds is 10. The van der Waals surface area contributed by atoms with Gasteiger partial charge in [-0.3, -0.25) is 9.59 Å². The van der Waals surface area contributed by atoms with E-state index in [9.17, 15) is 9.59 Å². The Morgan fingerprint density at radius 3 is 2.24 bits per heavy atom. The highest BCUT2D eigenvalue weighted by Crippen LogP contribution is 2.21. The number of aryl methyl sites for hydroxylation is 2. The van der Waals surface area contributed by atoms with Crippen LogP contribution >= 0.6 is 0 Å². The molecule has 3 rings (SSSR count). The summed E-state index contributed by atoms with van der Waals surface area (Å²) < 4.78 is 11.1. The Balaban J connectivity index is 1.76. The SMILES string of the molecule is CCC(C(=O)NC1CCCCC1)N(Cc1ccc(OC)cc1)C(=O)COc1cc(C)cc(C)c1. The fraction of sp³-hybridized carbons (Fsp3) is 0.500. The van der Waals surface area contributed by atoms with Crippen molar-refractivity contribution in [3.63, 3.8) is 0 Å². The molecule has 0 aliphatic heterocycles. The van der Waals surface area contributed by atoms with Gasteiger partial charge in [-0.05, 0) is 74.1 Å². The average molecular weight is 467 g/mol. The Hall–Kier alpha value is -3.02. The number of benzene rings is 2. The molecule has 1 atom stereocenters. The molecule has 1 aliphatic carbocycles. The summed E-state index contributed by atoms with van der Waals surface area (Å²) in [6.07, 6.45) is 6.04. The molecular formula is C28H38N2O4. The molecule has 0 bridgehead atoms. The van der Waals surface area contributed by atoms with Gasteiger partial charge in [-0.2, -0.15) is 0 Å². The van der Waals surface area contributed by atoms with E-state index in [0.717, 1.165) is 48.1 Å². The van der Waals surface area contributed by atoms with Crippen LogP contribution in [0.4, 0.5) is 0 Å². The summed E-state index contributed by atoms with van der Waals surface area (Å²) in [5.41, 5.74) is 3.09.